The molecule has 1 heterocycles. The zero-order valence-corrected chi connectivity index (χ0v) is 9.90. The van der Waals surface area contributed by atoms with E-state index < -0.39 is 0 Å². The minimum Gasteiger partial charge on any atom is -0.299 e. The first-order valence-corrected chi connectivity index (χ1v) is 5.66. The van der Waals surface area contributed by atoms with E-state index in [1.165, 1.54) is 49.1 Å². The Hall–Kier alpha value is -0.560. The van der Waals surface area contributed by atoms with Gasteiger partial charge in [0.1, 0.15) is 0 Å². The van der Waals surface area contributed by atoms with Gasteiger partial charge in [-0.15, -0.1) is 0 Å². The highest BCUT2D eigenvalue weighted by atomic mass is 15.1. The number of hydrogen-bond donors (Lipinski definition) is 0. The molecule has 0 aliphatic carbocycles. The topological polar surface area (TPSA) is 3.24 Å². The normalized spacial score (nSPS) is 20.5. The van der Waals surface area contributed by atoms with E-state index in [0.29, 0.717) is 0 Å². The van der Waals surface area contributed by atoms with Gasteiger partial charge in [-0.2, -0.15) is 0 Å². The van der Waals surface area contributed by atoms with Crippen LogP contribution in [0.3, 0.4) is 0 Å². The number of likely N-dealkylation sites (tertiary alicyclic amines) is 1. The van der Waals surface area contributed by atoms with Crippen LogP contribution in [0.1, 0.15) is 40.0 Å². The second-order valence-corrected chi connectivity index (χ2v) is 4.52. The maximum atomic E-state index is 3.99. The lowest BCUT2D eigenvalue weighted by molar-refractivity contribution is 0.246. The van der Waals surface area contributed by atoms with Crippen molar-refractivity contribution >= 4 is 0 Å². The van der Waals surface area contributed by atoms with Crippen molar-refractivity contribution in [1.29, 1.82) is 0 Å². The van der Waals surface area contributed by atoms with E-state index in [0.717, 1.165) is 6.54 Å². The van der Waals surface area contributed by atoms with Gasteiger partial charge >= 0.3 is 0 Å². The molecule has 0 aromatic rings. The fourth-order valence-corrected chi connectivity index (χ4v) is 1.94. The summed E-state index contributed by atoms with van der Waals surface area (Å²) in [7, 11) is 0. The minimum absolute atomic E-state index is 1.14. The summed E-state index contributed by atoms with van der Waals surface area (Å²) in [6.07, 6.45) is 4.16. The summed E-state index contributed by atoms with van der Waals surface area (Å²) in [6, 6.07) is 0. The SMILES string of the molecule is C=C(C)/C(C)=C(/C)CN1CCCCC1. The molecule has 0 N–H and O–H groups in total. The molecule has 0 saturated carbocycles. The molecule has 0 unspecified atom stereocenters. The molecule has 1 aliphatic heterocycles. The van der Waals surface area contributed by atoms with Crippen molar-refractivity contribution in [2.24, 2.45) is 0 Å². The predicted molar refractivity (Wildman–Crippen MR) is 63.5 cm³/mol. The fraction of sp³-hybridized carbons (Fsp3) is 0.692. The van der Waals surface area contributed by atoms with Crippen LogP contribution in [0.15, 0.2) is 23.3 Å². The molecule has 0 bridgehead atoms. The summed E-state index contributed by atoms with van der Waals surface area (Å²) in [6.45, 7) is 14.2. The molecule has 1 rings (SSSR count). The Kier molecular flexibility index (Phi) is 4.40. The average molecular weight is 193 g/mol. The van der Waals surface area contributed by atoms with E-state index in [1.54, 1.807) is 0 Å². The molecule has 0 aromatic carbocycles. The van der Waals surface area contributed by atoms with Gasteiger partial charge in [0.05, 0.1) is 0 Å². The van der Waals surface area contributed by atoms with Crippen molar-refractivity contribution < 1.29 is 0 Å². The van der Waals surface area contributed by atoms with Gasteiger partial charge in [-0.05, 0) is 52.3 Å². The van der Waals surface area contributed by atoms with Crippen LogP contribution < -0.4 is 0 Å². The van der Waals surface area contributed by atoms with Crippen LogP contribution in [-0.2, 0) is 0 Å². The monoisotopic (exact) mass is 193 g/mol. The maximum absolute atomic E-state index is 3.99. The summed E-state index contributed by atoms with van der Waals surface area (Å²) in [5, 5.41) is 0. The van der Waals surface area contributed by atoms with Crippen molar-refractivity contribution in [3.05, 3.63) is 23.3 Å². The lowest BCUT2D eigenvalue weighted by atomic mass is 10.0. The molecule has 0 radical (unpaired) electrons. The van der Waals surface area contributed by atoms with Gasteiger partial charge in [-0.3, -0.25) is 4.90 Å². The molecule has 1 aliphatic rings. The summed E-state index contributed by atoms with van der Waals surface area (Å²) < 4.78 is 0. The third-order valence-electron chi connectivity index (χ3n) is 3.19. The molecule has 0 amide bonds. The van der Waals surface area contributed by atoms with Gasteiger partial charge < -0.3 is 0 Å². The van der Waals surface area contributed by atoms with Gasteiger partial charge in [0.25, 0.3) is 0 Å². The van der Waals surface area contributed by atoms with Crippen LogP contribution in [0.4, 0.5) is 0 Å². The van der Waals surface area contributed by atoms with Crippen molar-refractivity contribution in [1.82, 2.24) is 4.90 Å². The third kappa shape index (κ3) is 3.30. The molecule has 1 saturated heterocycles. The molecular formula is C13H23N. The lowest BCUT2D eigenvalue weighted by Gasteiger charge is -2.27. The summed E-state index contributed by atoms with van der Waals surface area (Å²) in [5.41, 5.74) is 4.08. The van der Waals surface area contributed by atoms with Crippen molar-refractivity contribution in [2.45, 2.75) is 40.0 Å². The van der Waals surface area contributed by atoms with Crippen LogP contribution in [0.5, 0.6) is 0 Å². The molecular weight excluding hydrogens is 170 g/mol. The van der Waals surface area contributed by atoms with E-state index in [1.807, 2.05) is 0 Å². The second-order valence-electron chi connectivity index (χ2n) is 4.52. The lowest BCUT2D eigenvalue weighted by Crippen LogP contribution is -2.31. The maximum Gasteiger partial charge on any atom is 0.0195 e. The molecule has 0 aromatic heterocycles. The molecule has 1 heteroatoms. The Bertz CT molecular complexity index is 232. The number of rotatable bonds is 3. The fourth-order valence-electron chi connectivity index (χ4n) is 1.94. The van der Waals surface area contributed by atoms with Crippen LogP contribution in [0, 0.1) is 0 Å². The first-order chi connectivity index (χ1) is 6.61. The second kappa shape index (κ2) is 5.35. The third-order valence-corrected chi connectivity index (χ3v) is 3.19. The standard InChI is InChI=1S/C13H23N/c1-11(2)13(4)12(3)10-14-8-6-5-7-9-14/h1,5-10H2,2-4H3/b13-12-. The highest BCUT2D eigenvalue weighted by Crippen LogP contribution is 2.15. The summed E-state index contributed by atoms with van der Waals surface area (Å²) >= 11 is 0. The Labute approximate surface area is 88.5 Å². The molecule has 1 nitrogen and oxygen atoms in total. The molecule has 80 valence electrons. The number of nitrogens with zero attached hydrogens (tertiary/aromatic N) is 1. The number of allylic oxidation sites excluding steroid dienone is 2. The van der Waals surface area contributed by atoms with Crippen molar-refractivity contribution in [3.8, 4) is 0 Å². The van der Waals surface area contributed by atoms with E-state index in [2.05, 4.69) is 32.3 Å². The van der Waals surface area contributed by atoms with Crippen LogP contribution in [0.2, 0.25) is 0 Å². The molecule has 0 atom stereocenters. The predicted octanol–water partition coefficient (Wildman–Crippen LogP) is 3.38. The van der Waals surface area contributed by atoms with Crippen LogP contribution in [0.25, 0.3) is 0 Å². The minimum atomic E-state index is 1.14. The highest BCUT2D eigenvalue weighted by molar-refractivity contribution is 5.29. The number of hydrogen-bond acceptors (Lipinski definition) is 1. The van der Waals surface area contributed by atoms with Gasteiger partial charge in [-0.1, -0.05) is 24.1 Å². The molecule has 1 fully saturated rings. The van der Waals surface area contributed by atoms with E-state index in [9.17, 15) is 0 Å². The van der Waals surface area contributed by atoms with Gasteiger partial charge in [-0.25, -0.2) is 0 Å². The van der Waals surface area contributed by atoms with E-state index >= 15 is 0 Å². The van der Waals surface area contributed by atoms with Crippen LogP contribution in [-0.4, -0.2) is 24.5 Å². The summed E-state index contributed by atoms with van der Waals surface area (Å²) in [5.74, 6) is 0. The van der Waals surface area contributed by atoms with Gasteiger partial charge in [0.15, 0.2) is 0 Å². The Morgan fingerprint density at radius 2 is 1.64 bits per heavy atom. The van der Waals surface area contributed by atoms with Crippen molar-refractivity contribution in [3.63, 3.8) is 0 Å². The van der Waals surface area contributed by atoms with Crippen LogP contribution >= 0.6 is 0 Å². The zero-order chi connectivity index (χ0) is 10.6. The summed E-state index contributed by atoms with van der Waals surface area (Å²) in [4.78, 5) is 2.56. The Morgan fingerprint density at radius 1 is 1.07 bits per heavy atom. The zero-order valence-electron chi connectivity index (χ0n) is 9.90. The van der Waals surface area contributed by atoms with Gasteiger partial charge in [0, 0.05) is 6.54 Å². The first kappa shape index (κ1) is 11.5. The van der Waals surface area contributed by atoms with E-state index in [4.69, 9.17) is 0 Å². The number of piperidine rings is 1. The highest BCUT2D eigenvalue weighted by Gasteiger charge is 2.10. The van der Waals surface area contributed by atoms with Gasteiger partial charge in [0.2, 0.25) is 0 Å². The Morgan fingerprint density at radius 3 is 2.14 bits per heavy atom. The molecule has 14 heavy (non-hydrogen) atoms. The molecule has 0 spiro atoms. The Balaban J connectivity index is 2.49. The average Bonchev–Trinajstić information content (AvgIpc) is 2.18. The van der Waals surface area contributed by atoms with E-state index in [-0.39, 0.29) is 0 Å². The van der Waals surface area contributed by atoms with Crippen molar-refractivity contribution in [2.75, 3.05) is 19.6 Å². The quantitative estimate of drug-likeness (QED) is 0.621. The largest absolute Gasteiger partial charge is 0.299 e. The smallest absolute Gasteiger partial charge is 0.0195 e. The first-order valence-electron chi connectivity index (χ1n) is 5.66.